The number of benzene rings is 2. The van der Waals surface area contributed by atoms with Crippen molar-refractivity contribution in [2.75, 3.05) is 7.11 Å². The maximum absolute atomic E-state index is 12.3. The van der Waals surface area contributed by atoms with E-state index in [1.54, 1.807) is 19.3 Å². The Balaban J connectivity index is 2.03. The van der Waals surface area contributed by atoms with Crippen LogP contribution in [-0.2, 0) is 4.79 Å². The maximum atomic E-state index is 12.3. The molecule has 0 saturated heterocycles. The molecule has 0 aromatic heterocycles. The number of amides is 1. The minimum atomic E-state index is -0.276. The first-order chi connectivity index (χ1) is 11.5. The number of rotatable bonds is 3. The Morgan fingerprint density at radius 2 is 2.08 bits per heavy atom. The lowest BCUT2D eigenvalue weighted by Crippen LogP contribution is -2.25. The van der Waals surface area contributed by atoms with Crippen LogP contribution < -0.4 is 10.1 Å². The van der Waals surface area contributed by atoms with Gasteiger partial charge in [-0.05, 0) is 65.1 Å². The lowest BCUT2D eigenvalue weighted by Gasteiger charge is -2.05. The molecule has 0 bridgehead atoms. The van der Waals surface area contributed by atoms with Crippen LogP contribution in [0.1, 0.15) is 11.1 Å². The highest BCUT2D eigenvalue weighted by molar-refractivity contribution is 14.1. The molecule has 1 N–H and O–H groups in total. The summed E-state index contributed by atoms with van der Waals surface area (Å²) in [5.41, 5.74) is 1.76. The van der Waals surface area contributed by atoms with Gasteiger partial charge in [0.25, 0.3) is 5.91 Å². The molecule has 1 amide bonds. The second kappa shape index (κ2) is 7.25. The first kappa shape index (κ1) is 17.4. The molecule has 0 saturated carbocycles. The van der Waals surface area contributed by atoms with E-state index in [-0.39, 0.29) is 5.91 Å². The second-order valence-corrected chi connectivity index (χ2v) is 7.52. The van der Waals surface area contributed by atoms with E-state index in [0.717, 1.165) is 13.6 Å². The van der Waals surface area contributed by atoms with Gasteiger partial charge >= 0.3 is 0 Å². The highest BCUT2D eigenvalue weighted by Crippen LogP contribution is 2.27. The van der Waals surface area contributed by atoms with E-state index < -0.39 is 0 Å². The Labute approximate surface area is 166 Å². The topological polar surface area (TPSA) is 50.7 Å². The minimum Gasteiger partial charge on any atom is -0.496 e. The summed E-state index contributed by atoms with van der Waals surface area (Å²) in [6.45, 7) is 0. The van der Waals surface area contributed by atoms with Crippen LogP contribution in [0.25, 0.3) is 6.08 Å². The van der Waals surface area contributed by atoms with Crippen LogP contribution in [-0.4, -0.2) is 18.9 Å². The summed E-state index contributed by atoms with van der Waals surface area (Å²) in [5, 5.41) is 3.30. The van der Waals surface area contributed by atoms with Gasteiger partial charge in [-0.3, -0.25) is 4.79 Å². The standard InChI is InChI=1S/C17H11BrClIN2O2/c1-24-15-5-2-10(18)6-9(15)7-14-17(23)22-16(21-14)12-8-11(20)3-4-13(12)19/h2-8H,1H3,(H,21,22,23)/b14-7+. The van der Waals surface area contributed by atoms with Gasteiger partial charge in [0, 0.05) is 19.2 Å². The quantitative estimate of drug-likeness (QED) is 0.477. The highest BCUT2D eigenvalue weighted by Gasteiger charge is 2.23. The number of methoxy groups -OCH3 is 1. The monoisotopic (exact) mass is 516 g/mol. The third-order valence-corrected chi connectivity index (χ3v) is 4.86. The van der Waals surface area contributed by atoms with Crippen molar-refractivity contribution in [3.8, 4) is 5.75 Å². The van der Waals surface area contributed by atoms with Crippen molar-refractivity contribution in [1.82, 2.24) is 5.32 Å². The van der Waals surface area contributed by atoms with E-state index in [0.29, 0.717) is 27.9 Å². The summed E-state index contributed by atoms with van der Waals surface area (Å²) in [6, 6.07) is 11.1. The summed E-state index contributed by atoms with van der Waals surface area (Å²) in [5.74, 6) is 0.833. The van der Waals surface area contributed by atoms with Crippen molar-refractivity contribution in [3.63, 3.8) is 0 Å². The molecule has 2 aromatic carbocycles. The number of halogens is 3. The molecule has 1 aliphatic heterocycles. The number of hydrogen-bond donors (Lipinski definition) is 1. The van der Waals surface area contributed by atoms with Gasteiger partial charge in [0.2, 0.25) is 0 Å². The van der Waals surface area contributed by atoms with Crippen LogP contribution >= 0.6 is 50.1 Å². The Hall–Kier alpha value is -1.38. The Morgan fingerprint density at radius 3 is 2.83 bits per heavy atom. The van der Waals surface area contributed by atoms with Gasteiger partial charge in [-0.2, -0.15) is 0 Å². The fourth-order valence-corrected chi connectivity index (χ4v) is 3.32. The molecule has 1 heterocycles. The number of nitrogens with zero attached hydrogens (tertiary/aromatic N) is 1. The van der Waals surface area contributed by atoms with Crippen LogP contribution in [0.2, 0.25) is 5.02 Å². The average molecular weight is 518 g/mol. The lowest BCUT2D eigenvalue weighted by atomic mass is 10.1. The third-order valence-electron chi connectivity index (χ3n) is 3.36. The molecule has 7 heteroatoms. The fraction of sp³-hybridized carbons (Fsp3) is 0.0588. The van der Waals surface area contributed by atoms with Crippen molar-refractivity contribution in [1.29, 1.82) is 0 Å². The molecule has 122 valence electrons. The zero-order valence-electron chi connectivity index (χ0n) is 12.4. The second-order valence-electron chi connectivity index (χ2n) is 4.95. The van der Waals surface area contributed by atoms with Gasteiger partial charge in [0.05, 0.1) is 12.1 Å². The predicted molar refractivity (Wildman–Crippen MR) is 108 cm³/mol. The number of hydrogen-bond acceptors (Lipinski definition) is 3. The van der Waals surface area contributed by atoms with E-state index in [9.17, 15) is 4.79 Å². The van der Waals surface area contributed by atoms with Gasteiger partial charge in [-0.1, -0.05) is 27.5 Å². The number of carbonyl (C=O) groups is 1. The van der Waals surface area contributed by atoms with Crippen molar-refractivity contribution in [2.45, 2.75) is 0 Å². The molecule has 0 fully saturated rings. The number of carbonyl (C=O) groups excluding carboxylic acids is 1. The summed E-state index contributed by atoms with van der Waals surface area (Å²) >= 11 is 11.8. The van der Waals surface area contributed by atoms with Crippen molar-refractivity contribution < 1.29 is 9.53 Å². The number of nitrogens with one attached hydrogen (secondary N) is 1. The van der Waals surface area contributed by atoms with Crippen molar-refractivity contribution in [3.05, 3.63) is 66.3 Å². The van der Waals surface area contributed by atoms with Gasteiger partial charge in [-0.15, -0.1) is 0 Å². The molecule has 1 aliphatic rings. The van der Waals surface area contributed by atoms with E-state index in [2.05, 4.69) is 48.8 Å². The molecule has 0 unspecified atom stereocenters. The molecule has 3 rings (SSSR count). The Morgan fingerprint density at radius 1 is 1.29 bits per heavy atom. The van der Waals surface area contributed by atoms with Crippen LogP contribution in [0.4, 0.5) is 0 Å². The summed E-state index contributed by atoms with van der Waals surface area (Å²) in [4.78, 5) is 16.7. The van der Waals surface area contributed by atoms with Crippen LogP contribution in [0.3, 0.4) is 0 Å². The number of ether oxygens (including phenoxy) is 1. The molecule has 2 aromatic rings. The third kappa shape index (κ3) is 3.65. The normalized spacial score (nSPS) is 15.4. The predicted octanol–water partition coefficient (Wildman–Crippen LogP) is 4.63. The summed E-state index contributed by atoms with van der Waals surface area (Å²) in [7, 11) is 1.58. The van der Waals surface area contributed by atoms with Gasteiger partial charge < -0.3 is 10.1 Å². The van der Waals surface area contributed by atoms with Gasteiger partial charge in [0.15, 0.2) is 0 Å². The summed E-state index contributed by atoms with van der Waals surface area (Å²) in [6.07, 6.45) is 1.69. The molecule has 0 spiro atoms. The first-order valence-corrected chi connectivity index (χ1v) is 9.13. The van der Waals surface area contributed by atoms with Crippen molar-refractivity contribution >= 4 is 67.9 Å². The van der Waals surface area contributed by atoms with Gasteiger partial charge in [-0.25, -0.2) is 4.99 Å². The molecular formula is C17H11BrClIN2O2. The zero-order valence-corrected chi connectivity index (χ0v) is 16.9. The van der Waals surface area contributed by atoms with Gasteiger partial charge in [0.1, 0.15) is 17.3 Å². The van der Waals surface area contributed by atoms with Crippen molar-refractivity contribution in [2.24, 2.45) is 4.99 Å². The smallest absolute Gasteiger partial charge is 0.275 e. The lowest BCUT2D eigenvalue weighted by molar-refractivity contribution is -0.115. The maximum Gasteiger partial charge on any atom is 0.275 e. The number of amidine groups is 1. The molecule has 0 radical (unpaired) electrons. The zero-order chi connectivity index (χ0) is 17.3. The summed E-state index contributed by atoms with van der Waals surface area (Å²) < 4.78 is 7.22. The van der Waals surface area contributed by atoms with Crippen LogP contribution in [0.5, 0.6) is 5.75 Å². The minimum absolute atomic E-state index is 0.276. The Kier molecular flexibility index (Phi) is 5.27. The van der Waals surface area contributed by atoms with E-state index in [4.69, 9.17) is 16.3 Å². The first-order valence-electron chi connectivity index (χ1n) is 6.88. The van der Waals surface area contributed by atoms with Crippen LogP contribution in [0, 0.1) is 3.57 Å². The SMILES string of the molecule is COc1ccc(Br)cc1/C=C1/N=C(c2cc(I)ccc2Cl)NC1=O. The van der Waals surface area contributed by atoms with Crippen LogP contribution in [0.15, 0.2) is 51.6 Å². The molecule has 4 nitrogen and oxygen atoms in total. The van der Waals surface area contributed by atoms with E-state index in [1.165, 1.54) is 0 Å². The molecular weight excluding hydrogens is 506 g/mol. The van der Waals surface area contributed by atoms with E-state index >= 15 is 0 Å². The fourth-order valence-electron chi connectivity index (χ4n) is 2.24. The highest BCUT2D eigenvalue weighted by atomic mass is 127. The molecule has 0 atom stereocenters. The average Bonchev–Trinajstić information content (AvgIpc) is 2.91. The largest absolute Gasteiger partial charge is 0.496 e. The molecule has 0 aliphatic carbocycles. The van der Waals surface area contributed by atoms with E-state index in [1.807, 2.05) is 30.3 Å². The Bertz CT molecular complexity index is 896. The number of aliphatic imine (C=N–C) groups is 1. The molecule has 24 heavy (non-hydrogen) atoms.